The lowest BCUT2D eigenvalue weighted by molar-refractivity contribution is -0.132. The van der Waals surface area contributed by atoms with Gasteiger partial charge in [-0.3, -0.25) is 5.32 Å². The van der Waals surface area contributed by atoms with Crippen LogP contribution in [0.4, 0.5) is 0 Å². The molecule has 0 radical (unpaired) electrons. The molecule has 1 saturated heterocycles. The lowest BCUT2D eigenvalue weighted by Crippen LogP contribution is -2.53. The molecule has 7 nitrogen and oxygen atoms in total. The Balaban J connectivity index is 1.34. The van der Waals surface area contributed by atoms with Gasteiger partial charge in [0.05, 0.1) is 17.5 Å². The molecular weight excluding hydrogens is 524 g/mol. The molecule has 2 aliphatic heterocycles. The van der Waals surface area contributed by atoms with E-state index in [-0.39, 0.29) is 17.0 Å². The molecule has 2 heterocycles. The van der Waals surface area contributed by atoms with Crippen LogP contribution in [0.25, 0.3) is 0 Å². The molecule has 0 aliphatic carbocycles. The van der Waals surface area contributed by atoms with E-state index in [9.17, 15) is 13.5 Å². The molecule has 3 aromatic carbocycles. The van der Waals surface area contributed by atoms with Gasteiger partial charge in [0.25, 0.3) is 0 Å². The van der Waals surface area contributed by atoms with Crippen LogP contribution in [0, 0.1) is 12.8 Å². The molecular formula is C29H33ClN2O5S. The van der Waals surface area contributed by atoms with E-state index in [1.54, 1.807) is 32.0 Å². The van der Waals surface area contributed by atoms with Gasteiger partial charge in [0.1, 0.15) is 23.7 Å². The summed E-state index contributed by atoms with van der Waals surface area (Å²) < 4.78 is 41.2. The molecule has 3 aromatic rings. The first-order valence-corrected chi connectivity index (χ1v) is 14.6. The van der Waals surface area contributed by atoms with Crippen molar-refractivity contribution < 1.29 is 23.0 Å². The van der Waals surface area contributed by atoms with Crippen molar-refractivity contribution in [3.05, 3.63) is 94.0 Å². The lowest BCUT2D eigenvalue weighted by Gasteiger charge is -2.42. The number of rotatable bonds is 8. The zero-order chi connectivity index (χ0) is 27.1. The van der Waals surface area contributed by atoms with Crippen LogP contribution in [0.1, 0.15) is 42.1 Å². The monoisotopic (exact) mass is 556 g/mol. The van der Waals surface area contributed by atoms with Crippen molar-refractivity contribution in [3.63, 3.8) is 0 Å². The van der Waals surface area contributed by atoms with E-state index in [4.69, 9.17) is 21.1 Å². The van der Waals surface area contributed by atoms with Gasteiger partial charge in [-0.1, -0.05) is 48.0 Å². The van der Waals surface area contributed by atoms with Crippen LogP contribution in [-0.2, 0) is 27.7 Å². The van der Waals surface area contributed by atoms with Crippen molar-refractivity contribution >= 4 is 21.6 Å². The van der Waals surface area contributed by atoms with Crippen molar-refractivity contribution in [1.29, 1.82) is 0 Å². The minimum Gasteiger partial charge on any atom is -0.485 e. The Kier molecular flexibility index (Phi) is 7.57. The summed E-state index contributed by atoms with van der Waals surface area (Å²) in [6.45, 7) is 6.65. The zero-order valence-corrected chi connectivity index (χ0v) is 23.2. The second-order valence-corrected chi connectivity index (χ2v) is 12.8. The first-order valence-electron chi connectivity index (χ1n) is 12.7. The standard InChI is InChI=1S/C29H33ClN2O5S/c1-18-5-4-6-23(13-18)38(34,35)32-26-24-15-20(9-12-25(24)37-29(2,3)27(26)33)14-21-17-36-28(21)31-16-19-7-10-22(30)11-8-19/h4-13,15,21,26-28,31-33H,14,16-17H2,1-3H3. The average Bonchev–Trinajstić information content (AvgIpc) is 2.86. The SMILES string of the molecule is Cc1cccc(S(=O)(=O)NC2c3cc(CC4COC4NCc4ccc(Cl)cc4)ccc3OC(C)(C)C2O)c1. The molecule has 4 unspecified atom stereocenters. The third-order valence-electron chi connectivity index (χ3n) is 7.23. The fourth-order valence-electron chi connectivity index (χ4n) is 4.97. The highest BCUT2D eigenvalue weighted by atomic mass is 35.5. The van der Waals surface area contributed by atoms with Crippen LogP contribution in [0.15, 0.2) is 71.6 Å². The highest BCUT2D eigenvalue weighted by Crippen LogP contribution is 2.41. The van der Waals surface area contributed by atoms with Crippen LogP contribution in [0.3, 0.4) is 0 Å². The Morgan fingerprint density at radius 2 is 1.79 bits per heavy atom. The van der Waals surface area contributed by atoms with Crippen LogP contribution in [-0.4, -0.2) is 38.1 Å². The summed E-state index contributed by atoms with van der Waals surface area (Å²) in [6.07, 6.45) is -0.439. The maximum Gasteiger partial charge on any atom is 0.241 e. The molecule has 202 valence electrons. The predicted molar refractivity (Wildman–Crippen MR) is 147 cm³/mol. The molecule has 0 aromatic heterocycles. The smallest absolute Gasteiger partial charge is 0.241 e. The summed E-state index contributed by atoms with van der Waals surface area (Å²) in [5.41, 5.74) is 2.62. The quantitative estimate of drug-likeness (QED) is 0.378. The Morgan fingerprint density at radius 1 is 1.05 bits per heavy atom. The number of ether oxygens (including phenoxy) is 2. The zero-order valence-electron chi connectivity index (χ0n) is 21.6. The average molecular weight is 557 g/mol. The summed E-state index contributed by atoms with van der Waals surface area (Å²) in [5, 5.41) is 15.3. The van der Waals surface area contributed by atoms with Crippen molar-refractivity contribution in [2.75, 3.05) is 6.61 Å². The van der Waals surface area contributed by atoms with Gasteiger partial charge in [0.2, 0.25) is 10.0 Å². The molecule has 3 N–H and O–H groups in total. The number of aliphatic hydroxyl groups is 1. The largest absolute Gasteiger partial charge is 0.485 e. The van der Waals surface area contributed by atoms with Crippen molar-refractivity contribution in [2.24, 2.45) is 5.92 Å². The molecule has 2 aliphatic rings. The van der Waals surface area contributed by atoms with Crippen molar-refractivity contribution in [2.45, 2.75) is 62.6 Å². The first kappa shape index (κ1) is 27.1. The fourth-order valence-corrected chi connectivity index (χ4v) is 6.42. The third kappa shape index (κ3) is 5.76. The summed E-state index contributed by atoms with van der Waals surface area (Å²) in [5.74, 6) is 0.817. The number of benzene rings is 3. The van der Waals surface area contributed by atoms with Crippen LogP contribution in [0.2, 0.25) is 5.02 Å². The summed E-state index contributed by atoms with van der Waals surface area (Å²) in [6, 6.07) is 19.3. The summed E-state index contributed by atoms with van der Waals surface area (Å²) in [7, 11) is -3.89. The number of aliphatic hydroxyl groups excluding tert-OH is 1. The van der Waals surface area contributed by atoms with E-state index in [0.717, 1.165) is 23.1 Å². The number of sulfonamides is 1. The summed E-state index contributed by atoms with van der Waals surface area (Å²) >= 11 is 5.98. The van der Waals surface area contributed by atoms with E-state index in [1.807, 2.05) is 55.5 Å². The molecule has 0 bridgehead atoms. The molecule has 5 rings (SSSR count). The molecule has 9 heteroatoms. The number of hydrogen-bond donors (Lipinski definition) is 3. The fraction of sp³-hybridized carbons (Fsp3) is 0.379. The Labute approximate surface area is 229 Å². The lowest BCUT2D eigenvalue weighted by atomic mass is 9.85. The van der Waals surface area contributed by atoms with Crippen LogP contribution in [0.5, 0.6) is 5.75 Å². The first-order chi connectivity index (χ1) is 18.0. The molecule has 0 saturated carbocycles. The Morgan fingerprint density at radius 3 is 2.47 bits per heavy atom. The second-order valence-electron chi connectivity index (χ2n) is 10.7. The summed E-state index contributed by atoms with van der Waals surface area (Å²) in [4.78, 5) is 0.160. The second kappa shape index (κ2) is 10.6. The van der Waals surface area contributed by atoms with Crippen LogP contribution >= 0.6 is 11.6 Å². The van der Waals surface area contributed by atoms with Gasteiger partial charge in [-0.2, -0.15) is 0 Å². The highest BCUT2D eigenvalue weighted by Gasteiger charge is 2.45. The molecule has 0 spiro atoms. The number of fused-ring (bicyclic) bond motifs is 1. The maximum absolute atomic E-state index is 13.3. The van der Waals surface area contributed by atoms with Gasteiger partial charge in [-0.15, -0.1) is 0 Å². The normalized spacial score (nSPS) is 24.2. The molecule has 0 amide bonds. The van der Waals surface area contributed by atoms with Gasteiger partial charge < -0.3 is 14.6 Å². The van der Waals surface area contributed by atoms with Crippen molar-refractivity contribution in [3.8, 4) is 5.75 Å². The minimum atomic E-state index is -3.89. The van der Waals surface area contributed by atoms with E-state index < -0.39 is 27.8 Å². The van der Waals surface area contributed by atoms with Crippen LogP contribution < -0.4 is 14.8 Å². The van der Waals surface area contributed by atoms with E-state index in [2.05, 4.69) is 10.0 Å². The van der Waals surface area contributed by atoms with Crippen molar-refractivity contribution in [1.82, 2.24) is 10.0 Å². The number of aryl methyl sites for hydroxylation is 1. The maximum atomic E-state index is 13.3. The molecule has 1 fully saturated rings. The Bertz CT molecular complexity index is 1410. The van der Waals surface area contributed by atoms with Gasteiger partial charge in [-0.05, 0) is 74.2 Å². The van der Waals surface area contributed by atoms with E-state index in [1.165, 1.54) is 0 Å². The minimum absolute atomic E-state index is 0.0851. The van der Waals surface area contributed by atoms with E-state index in [0.29, 0.717) is 29.5 Å². The van der Waals surface area contributed by atoms with Gasteiger partial charge in [0, 0.05) is 23.0 Å². The number of hydrogen-bond acceptors (Lipinski definition) is 6. The topological polar surface area (TPSA) is 96.9 Å². The van der Waals surface area contributed by atoms with Gasteiger partial charge >= 0.3 is 0 Å². The van der Waals surface area contributed by atoms with Gasteiger partial charge in [-0.25, -0.2) is 13.1 Å². The number of nitrogens with one attached hydrogen (secondary N) is 2. The third-order valence-corrected chi connectivity index (χ3v) is 8.92. The Hall–Kier alpha value is -2.46. The highest BCUT2D eigenvalue weighted by molar-refractivity contribution is 7.89. The molecule has 4 atom stereocenters. The van der Waals surface area contributed by atoms with Gasteiger partial charge in [0.15, 0.2) is 0 Å². The predicted octanol–water partition coefficient (Wildman–Crippen LogP) is 4.50. The number of halogens is 1. The van der Waals surface area contributed by atoms with E-state index >= 15 is 0 Å². The molecule has 38 heavy (non-hydrogen) atoms.